The van der Waals surface area contributed by atoms with Crippen molar-refractivity contribution in [1.29, 1.82) is 0 Å². The second-order valence-corrected chi connectivity index (χ2v) is 4.06. The Morgan fingerprint density at radius 3 is 3.12 bits per heavy atom. The maximum atomic E-state index is 13.7. The monoisotopic (exact) mass is 240 g/mol. The van der Waals surface area contributed by atoms with Gasteiger partial charge in [0.15, 0.2) is 11.6 Å². The summed E-state index contributed by atoms with van der Waals surface area (Å²) < 4.78 is 19.0. The molecule has 0 bridgehead atoms. The first-order valence-corrected chi connectivity index (χ1v) is 5.72. The summed E-state index contributed by atoms with van der Waals surface area (Å²) in [7, 11) is 3.40. The van der Waals surface area contributed by atoms with Crippen molar-refractivity contribution in [2.45, 2.75) is 18.9 Å². The Labute approximate surface area is 100 Å². The molecule has 2 rings (SSSR count). The Bertz CT molecular complexity index is 388. The number of halogens is 1. The first-order chi connectivity index (χ1) is 8.24. The first kappa shape index (κ1) is 12.0. The van der Waals surface area contributed by atoms with Crippen molar-refractivity contribution >= 4 is 11.8 Å². The van der Waals surface area contributed by atoms with Crippen LogP contribution in [0.25, 0.3) is 0 Å². The minimum atomic E-state index is -0.388. The van der Waals surface area contributed by atoms with Crippen molar-refractivity contribution in [2.24, 2.45) is 0 Å². The summed E-state index contributed by atoms with van der Waals surface area (Å²) in [5.74, 6) is 0.396. The smallest absolute Gasteiger partial charge is 0.224 e. The van der Waals surface area contributed by atoms with Crippen LogP contribution in [0.5, 0.6) is 0 Å². The van der Waals surface area contributed by atoms with Crippen LogP contribution in [0.15, 0.2) is 6.20 Å². The molecule has 1 fully saturated rings. The van der Waals surface area contributed by atoms with Gasteiger partial charge in [-0.05, 0) is 12.8 Å². The minimum Gasteiger partial charge on any atom is -0.380 e. The SMILES string of the molecule is CNc1ncc(F)c(N2CCCC(OC)C2)n1. The van der Waals surface area contributed by atoms with Gasteiger partial charge in [0.2, 0.25) is 5.95 Å². The lowest BCUT2D eigenvalue weighted by Crippen LogP contribution is -2.40. The predicted octanol–water partition coefficient (Wildman–Crippen LogP) is 1.27. The first-order valence-electron chi connectivity index (χ1n) is 5.72. The largest absolute Gasteiger partial charge is 0.380 e. The van der Waals surface area contributed by atoms with E-state index in [0.29, 0.717) is 18.3 Å². The topological polar surface area (TPSA) is 50.3 Å². The van der Waals surface area contributed by atoms with Crippen LogP contribution in [0.4, 0.5) is 16.2 Å². The number of ether oxygens (including phenoxy) is 1. The Balaban J connectivity index is 2.20. The van der Waals surface area contributed by atoms with Crippen molar-refractivity contribution in [3.05, 3.63) is 12.0 Å². The Kier molecular flexibility index (Phi) is 3.73. The van der Waals surface area contributed by atoms with Crippen LogP contribution in [0.2, 0.25) is 0 Å². The fourth-order valence-electron chi connectivity index (χ4n) is 2.02. The molecular weight excluding hydrogens is 223 g/mol. The molecule has 94 valence electrons. The molecule has 1 N–H and O–H groups in total. The van der Waals surface area contributed by atoms with E-state index in [1.807, 2.05) is 4.90 Å². The summed E-state index contributed by atoms with van der Waals surface area (Å²) in [6.07, 6.45) is 3.34. The summed E-state index contributed by atoms with van der Waals surface area (Å²) in [5.41, 5.74) is 0. The van der Waals surface area contributed by atoms with Gasteiger partial charge in [-0.2, -0.15) is 4.98 Å². The Morgan fingerprint density at radius 2 is 2.41 bits per heavy atom. The quantitative estimate of drug-likeness (QED) is 0.862. The summed E-state index contributed by atoms with van der Waals surface area (Å²) >= 11 is 0. The molecule has 6 heteroatoms. The van der Waals surface area contributed by atoms with Crippen molar-refractivity contribution in [1.82, 2.24) is 9.97 Å². The maximum Gasteiger partial charge on any atom is 0.224 e. The highest BCUT2D eigenvalue weighted by atomic mass is 19.1. The third kappa shape index (κ3) is 2.63. The molecule has 0 spiro atoms. The standard InChI is InChI=1S/C11H17FN4O/c1-13-11-14-6-9(12)10(15-11)16-5-3-4-8(7-16)17-2/h6,8H,3-5,7H2,1-2H3,(H,13,14,15). The molecule has 1 saturated heterocycles. The normalized spacial score (nSPS) is 20.4. The third-order valence-corrected chi connectivity index (χ3v) is 2.96. The van der Waals surface area contributed by atoms with Crippen molar-refractivity contribution in [3.63, 3.8) is 0 Å². The van der Waals surface area contributed by atoms with E-state index in [1.54, 1.807) is 14.2 Å². The zero-order valence-corrected chi connectivity index (χ0v) is 10.1. The van der Waals surface area contributed by atoms with Gasteiger partial charge in [-0.1, -0.05) is 0 Å². The van der Waals surface area contributed by atoms with Crippen molar-refractivity contribution in [2.75, 3.05) is 37.5 Å². The van der Waals surface area contributed by atoms with Crippen LogP contribution >= 0.6 is 0 Å². The molecule has 17 heavy (non-hydrogen) atoms. The predicted molar refractivity (Wildman–Crippen MR) is 63.8 cm³/mol. The molecule has 0 radical (unpaired) electrons. The number of anilines is 2. The highest BCUT2D eigenvalue weighted by Crippen LogP contribution is 2.22. The van der Waals surface area contributed by atoms with E-state index in [-0.39, 0.29) is 11.9 Å². The fourth-order valence-corrected chi connectivity index (χ4v) is 2.02. The maximum absolute atomic E-state index is 13.7. The molecular formula is C11H17FN4O. The Hall–Kier alpha value is -1.43. The third-order valence-electron chi connectivity index (χ3n) is 2.96. The number of piperidine rings is 1. The summed E-state index contributed by atoms with van der Waals surface area (Å²) in [5, 5.41) is 2.81. The molecule has 2 heterocycles. The molecule has 0 saturated carbocycles. The van der Waals surface area contributed by atoms with Crippen LogP contribution in [-0.2, 0) is 4.74 Å². The molecule has 1 aromatic rings. The molecule has 1 aromatic heterocycles. The van der Waals surface area contributed by atoms with Gasteiger partial charge in [0, 0.05) is 27.2 Å². The van der Waals surface area contributed by atoms with Crippen LogP contribution < -0.4 is 10.2 Å². The molecule has 0 amide bonds. The molecule has 1 unspecified atom stereocenters. The zero-order chi connectivity index (χ0) is 12.3. The lowest BCUT2D eigenvalue weighted by Gasteiger charge is -2.32. The molecule has 1 aliphatic heterocycles. The molecule has 0 aliphatic carbocycles. The molecule has 1 aliphatic rings. The van der Waals surface area contributed by atoms with E-state index in [9.17, 15) is 4.39 Å². The van der Waals surface area contributed by atoms with Gasteiger partial charge in [0.1, 0.15) is 0 Å². The van der Waals surface area contributed by atoms with E-state index in [0.717, 1.165) is 19.4 Å². The molecule has 0 aromatic carbocycles. The second kappa shape index (κ2) is 5.27. The average Bonchev–Trinajstić information content (AvgIpc) is 2.39. The number of hydrogen-bond donors (Lipinski definition) is 1. The van der Waals surface area contributed by atoms with E-state index in [2.05, 4.69) is 15.3 Å². The lowest BCUT2D eigenvalue weighted by atomic mass is 10.1. The van der Waals surface area contributed by atoms with E-state index < -0.39 is 0 Å². The number of hydrogen-bond acceptors (Lipinski definition) is 5. The van der Waals surface area contributed by atoms with Crippen molar-refractivity contribution < 1.29 is 9.13 Å². The summed E-state index contributed by atoms with van der Waals surface area (Å²) in [6, 6.07) is 0. The van der Waals surface area contributed by atoms with Gasteiger partial charge in [0.25, 0.3) is 0 Å². The number of nitrogens with zero attached hydrogens (tertiary/aromatic N) is 3. The van der Waals surface area contributed by atoms with Crippen LogP contribution in [0.1, 0.15) is 12.8 Å². The van der Waals surface area contributed by atoms with Gasteiger partial charge in [0.05, 0.1) is 12.3 Å². The summed E-state index contributed by atoms with van der Waals surface area (Å²) in [4.78, 5) is 9.90. The second-order valence-electron chi connectivity index (χ2n) is 4.06. The number of methoxy groups -OCH3 is 1. The average molecular weight is 240 g/mol. The van der Waals surface area contributed by atoms with E-state index in [1.165, 1.54) is 6.20 Å². The van der Waals surface area contributed by atoms with E-state index in [4.69, 9.17) is 4.74 Å². The fraction of sp³-hybridized carbons (Fsp3) is 0.636. The lowest BCUT2D eigenvalue weighted by molar-refractivity contribution is 0.0889. The highest BCUT2D eigenvalue weighted by molar-refractivity contribution is 5.44. The highest BCUT2D eigenvalue weighted by Gasteiger charge is 2.23. The van der Waals surface area contributed by atoms with Crippen LogP contribution in [0.3, 0.4) is 0 Å². The van der Waals surface area contributed by atoms with Gasteiger partial charge >= 0.3 is 0 Å². The van der Waals surface area contributed by atoms with Gasteiger partial charge < -0.3 is 15.0 Å². The van der Waals surface area contributed by atoms with Crippen LogP contribution in [0, 0.1) is 5.82 Å². The zero-order valence-electron chi connectivity index (χ0n) is 10.1. The van der Waals surface area contributed by atoms with Gasteiger partial charge in [-0.15, -0.1) is 0 Å². The molecule has 5 nitrogen and oxygen atoms in total. The number of aromatic nitrogens is 2. The van der Waals surface area contributed by atoms with Crippen LogP contribution in [-0.4, -0.2) is 43.3 Å². The minimum absolute atomic E-state index is 0.149. The van der Waals surface area contributed by atoms with Crippen molar-refractivity contribution in [3.8, 4) is 0 Å². The molecule has 1 atom stereocenters. The number of nitrogens with one attached hydrogen (secondary N) is 1. The van der Waals surface area contributed by atoms with E-state index >= 15 is 0 Å². The van der Waals surface area contributed by atoms with Gasteiger partial charge in [-0.3, -0.25) is 0 Å². The Morgan fingerprint density at radius 1 is 1.59 bits per heavy atom. The number of rotatable bonds is 3. The summed E-state index contributed by atoms with van der Waals surface area (Å²) in [6.45, 7) is 1.48. The van der Waals surface area contributed by atoms with Gasteiger partial charge in [-0.25, -0.2) is 9.37 Å².